The van der Waals surface area contributed by atoms with Gasteiger partial charge in [0.05, 0.1) is 12.1 Å². The van der Waals surface area contributed by atoms with Crippen LogP contribution < -0.4 is 0 Å². The molecule has 166 valence electrons. The molecule has 0 N–H and O–H groups in total. The first-order valence-corrected chi connectivity index (χ1v) is 11.2. The van der Waals surface area contributed by atoms with Crippen molar-refractivity contribution in [2.45, 2.75) is 32.1 Å². The van der Waals surface area contributed by atoms with Crippen LogP contribution in [0.15, 0.2) is 40.8 Å². The topological polar surface area (TPSA) is 57.0 Å². The summed E-state index contributed by atoms with van der Waals surface area (Å²) < 4.78 is 19.7. The zero-order chi connectivity index (χ0) is 21.6. The normalized spacial score (nSPS) is 17.7. The minimum absolute atomic E-state index is 0.0887. The van der Waals surface area contributed by atoms with Gasteiger partial charge in [-0.25, -0.2) is 4.39 Å². The van der Waals surface area contributed by atoms with Gasteiger partial charge < -0.3 is 14.2 Å². The summed E-state index contributed by atoms with van der Waals surface area (Å²) >= 11 is 0. The van der Waals surface area contributed by atoms with Gasteiger partial charge in [0.25, 0.3) is 0 Å². The smallest absolute Gasteiger partial charge is 0.236 e. The summed E-state index contributed by atoms with van der Waals surface area (Å²) in [6.45, 7) is 4.95. The first-order chi connectivity index (χ1) is 15.1. The lowest BCUT2D eigenvalue weighted by Crippen LogP contribution is -2.52. The Kier molecular flexibility index (Phi) is 7.02. The van der Waals surface area contributed by atoms with E-state index in [0.29, 0.717) is 49.6 Å². The molecule has 0 bridgehead atoms. The molecule has 1 aromatic heterocycles. The highest BCUT2D eigenvalue weighted by Crippen LogP contribution is 2.25. The van der Waals surface area contributed by atoms with Crippen LogP contribution in [0.25, 0.3) is 11.3 Å². The van der Waals surface area contributed by atoms with Gasteiger partial charge in [0.15, 0.2) is 0 Å². The molecule has 0 radical (unpaired) electrons. The fourth-order valence-electron chi connectivity index (χ4n) is 4.30. The molecule has 1 aromatic carbocycles. The van der Waals surface area contributed by atoms with Crippen molar-refractivity contribution in [2.75, 3.05) is 45.8 Å². The van der Waals surface area contributed by atoms with Crippen molar-refractivity contribution in [2.24, 2.45) is 0 Å². The number of furan rings is 1. The first kappa shape index (κ1) is 21.6. The van der Waals surface area contributed by atoms with Crippen LogP contribution in [0.5, 0.6) is 0 Å². The summed E-state index contributed by atoms with van der Waals surface area (Å²) in [5, 5.41) is 0. The monoisotopic (exact) mass is 427 g/mol. The van der Waals surface area contributed by atoms with Crippen molar-refractivity contribution in [3.05, 3.63) is 48.0 Å². The Hall–Kier alpha value is -2.67. The Bertz CT molecular complexity index is 899. The van der Waals surface area contributed by atoms with Crippen LogP contribution in [-0.2, 0) is 16.0 Å². The number of aryl methyl sites for hydroxylation is 1. The average molecular weight is 428 g/mol. The number of piperidine rings is 1. The highest BCUT2D eigenvalue weighted by Gasteiger charge is 2.25. The SMILES string of the molecule is O=C(CCc1ccc(-c2ccccc2F)o1)N1CCN(CC(=O)N2CCCCC2)CC1. The Morgan fingerprint density at radius 3 is 2.29 bits per heavy atom. The van der Waals surface area contributed by atoms with E-state index >= 15 is 0 Å². The number of amides is 2. The standard InChI is InChI=1S/C24H30FN3O3/c25-21-7-3-2-6-20(21)22-10-8-19(31-22)9-11-23(29)28-16-14-26(15-17-28)18-24(30)27-12-4-1-5-13-27/h2-3,6-8,10H,1,4-5,9,11-18H2. The molecule has 6 nitrogen and oxygen atoms in total. The number of benzene rings is 1. The van der Waals surface area contributed by atoms with E-state index in [2.05, 4.69) is 4.90 Å². The van der Waals surface area contributed by atoms with E-state index in [1.807, 2.05) is 9.80 Å². The second-order valence-corrected chi connectivity index (χ2v) is 8.34. The lowest BCUT2D eigenvalue weighted by atomic mass is 10.1. The molecule has 7 heteroatoms. The Labute approximate surface area is 182 Å². The Morgan fingerprint density at radius 2 is 1.55 bits per heavy atom. The molecule has 2 aliphatic heterocycles. The van der Waals surface area contributed by atoms with Crippen molar-refractivity contribution in [1.82, 2.24) is 14.7 Å². The first-order valence-electron chi connectivity index (χ1n) is 11.2. The molecule has 0 aliphatic carbocycles. The molecule has 2 amide bonds. The van der Waals surface area contributed by atoms with Crippen molar-refractivity contribution in [1.29, 1.82) is 0 Å². The predicted molar refractivity (Wildman–Crippen MR) is 116 cm³/mol. The van der Waals surface area contributed by atoms with E-state index in [1.165, 1.54) is 12.5 Å². The highest BCUT2D eigenvalue weighted by molar-refractivity contribution is 5.78. The number of halogens is 1. The molecule has 2 saturated heterocycles. The Morgan fingerprint density at radius 1 is 0.839 bits per heavy atom. The molecule has 3 heterocycles. The summed E-state index contributed by atoms with van der Waals surface area (Å²) in [5.74, 6) is 1.13. The van der Waals surface area contributed by atoms with E-state index < -0.39 is 0 Å². The fraction of sp³-hybridized carbons (Fsp3) is 0.500. The van der Waals surface area contributed by atoms with Gasteiger partial charge in [-0.2, -0.15) is 0 Å². The van der Waals surface area contributed by atoms with Crippen molar-refractivity contribution >= 4 is 11.8 Å². The molecular weight excluding hydrogens is 397 g/mol. The number of likely N-dealkylation sites (tertiary alicyclic amines) is 1. The van der Waals surface area contributed by atoms with Crippen LogP contribution in [0.3, 0.4) is 0 Å². The molecule has 4 rings (SSSR count). The van der Waals surface area contributed by atoms with Gasteiger partial charge in [-0.3, -0.25) is 14.5 Å². The Balaban J connectivity index is 1.21. The maximum absolute atomic E-state index is 13.9. The van der Waals surface area contributed by atoms with Crippen LogP contribution in [0, 0.1) is 5.82 Å². The summed E-state index contributed by atoms with van der Waals surface area (Å²) in [5.41, 5.74) is 0.426. The molecule has 0 spiro atoms. The number of carbonyl (C=O) groups is 2. The van der Waals surface area contributed by atoms with Crippen LogP contribution in [0.1, 0.15) is 31.4 Å². The van der Waals surface area contributed by atoms with E-state index in [1.54, 1.807) is 30.3 Å². The van der Waals surface area contributed by atoms with Crippen molar-refractivity contribution < 1.29 is 18.4 Å². The van der Waals surface area contributed by atoms with Crippen LogP contribution >= 0.6 is 0 Å². The molecule has 0 unspecified atom stereocenters. The predicted octanol–water partition coefficient (Wildman–Crippen LogP) is 3.18. The van der Waals surface area contributed by atoms with E-state index in [9.17, 15) is 14.0 Å². The van der Waals surface area contributed by atoms with Crippen LogP contribution in [-0.4, -0.2) is 72.3 Å². The van der Waals surface area contributed by atoms with Gasteiger partial charge in [0.2, 0.25) is 11.8 Å². The third-order valence-corrected chi connectivity index (χ3v) is 6.18. The molecular formula is C24H30FN3O3. The number of carbonyl (C=O) groups excluding carboxylic acids is 2. The van der Waals surface area contributed by atoms with Crippen molar-refractivity contribution in [3.63, 3.8) is 0 Å². The number of nitrogens with zero attached hydrogens (tertiary/aromatic N) is 3. The number of rotatable bonds is 6. The van der Waals surface area contributed by atoms with E-state index in [4.69, 9.17) is 4.42 Å². The minimum atomic E-state index is -0.323. The number of piperazine rings is 1. The number of hydrogen-bond acceptors (Lipinski definition) is 4. The molecule has 2 aliphatic rings. The zero-order valence-electron chi connectivity index (χ0n) is 17.9. The van der Waals surface area contributed by atoms with Gasteiger partial charge in [0.1, 0.15) is 17.3 Å². The average Bonchev–Trinajstić information content (AvgIpc) is 3.27. The minimum Gasteiger partial charge on any atom is -0.461 e. The lowest BCUT2D eigenvalue weighted by molar-refractivity contribution is -0.135. The summed E-state index contributed by atoms with van der Waals surface area (Å²) in [6.07, 6.45) is 4.27. The van der Waals surface area contributed by atoms with Crippen LogP contribution in [0.2, 0.25) is 0 Å². The molecule has 0 atom stereocenters. The second-order valence-electron chi connectivity index (χ2n) is 8.34. The summed E-state index contributed by atoms with van der Waals surface area (Å²) in [6, 6.07) is 10.0. The molecule has 2 fully saturated rings. The zero-order valence-corrected chi connectivity index (χ0v) is 17.9. The summed E-state index contributed by atoms with van der Waals surface area (Å²) in [7, 11) is 0. The maximum Gasteiger partial charge on any atom is 0.236 e. The summed E-state index contributed by atoms with van der Waals surface area (Å²) in [4.78, 5) is 31.0. The third-order valence-electron chi connectivity index (χ3n) is 6.18. The molecule has 2 aromatic rings. The largest absolute Gasteiger partial charge is 0.461 e. The van der Waals surface area contributed by atoms with Crippen LogP contribution in [0.4, 0.5) is 4.39 Å². The lowest BCUT2D eigenvalue weighted by Gasteiger charge is -2.36. The van der Waals surface area contributed by atoms with Gasteiger partial charge in [0, 0.05) is 52.1 Å². The van der Waals surface area contributed by atoms with E-state index in [-0.39, 0.29) is 17.6 Å². The van der Waals surface area contributed by atoms with Gasteiger partial charge in [-0.15, -0.1) is 0 Å². The fourth-order valence-corrected chi connectivity index (χ4v) is 4.30. The van der Waals surface area contributed by atoms with Crippen molar-refractivity contribution in [3.8, 4) is 11.3 Å². The second kappa shape index (κ2) is 10.1. The molecule has 31 heavy (non-hydrogen) atoms. The third kappa shape index (κ3) is 5.53. The highest BCUT2D eigenvalue weighted by atomic mass is 19.1. The van der Waals surface area contributed by atoms with E-state index in [0.717, 1.165) is 39.0 Å². The molecule has 0 saturated carbocycles. The number of hydrogen-bond donors (Lipinski definition) is 0. The van der Waals surface area contributed by atoms with Gasteiger partial charge >= 0.3 is 0 Å². The maximum atomic E-state index is 13.9. The van der Waals surface area contributed by atoms with Gasteiger partial charge in [-0.05, 0) is 43.5 Å². The quantitative estimate of drug-likeness (QED) is 0.711. The van der Waals surface area contributed by atoms with Gasteiger partial charge in [-0.1, -0.05) is 12.1 Å².